The molecule has 0 radical (unpaired) electrons. The highest BCUT2D eigenvalue weighted by Crippen LogP contribution is 2.55. The van der Waals surface area contributed by atoms with Crippen LogP contribution in [0.4, 0.5) is 0 Å². The Labute approximate surface area is 152 Å². The van der Waals surface area contributed by atoms with E-state index in [9.17, 15) is 9.59 Å². The first-order chi connectivity index (χ1) is 12.6. The minimum absolute atomic E-state index is 0.0820. The standard InChI is InChI=1S/C21H24N2O3/c1-3-12-10-13-11-21(20(25)26-2)17-15(8-9-23(18(12)21)19(13)24)14-6-4-5-7-16(14)22-17/h4-7,12-13,18,22H,3,8-11H2,1-2H3/t12-,13+,18?,21?/m1/s1. The van der Waals surface area contributed by atoms with Crippen LogP contribution in [0.15, 0.2) is 24.3 Å². The molecule has 2 unspecified atom stereocenters. The van der Waals surface area contributed by atoms with Crippen molar-refractivity contribution < 1.29 is 14.3 Å². The van der Waals surface area contributed by atoms with E-state index in [0.717, 1.165) is 35.9 Å². The van der Waals surface area contributed by atoms with Crippen LogP contribution in [0.2, 0.25) is 0 Å². The van der Waals surface area contributed by atoms with Gasteiger partial charge in [0.25, 0.3) is 0 Å². The fraction of sp³-hybridized carbons (Fsp3) is 0.524. The first kappa shape index (κ1) is 15.9. The first-order valence-corrected chi connectivity index (χ1v) is 9.60. The van der Waals surface area contributed by atoms with Crippen molar-refractivity contribution in [2.45, 2.75) is 44.1 Å². The Morgan fingerprint density at radius 3 is 2.96 bits per heavy atom. The molecule has 4 heterocycles. The van der Waals surface area contributed by atoms with Gasteiger partial charge < -0.3 is 14.6 Å². The van der Waals surface area contributed by atoms with Crippen LogP contribution < -0.4 is 0 Å². The molecule has 4 aliphatic rings. The number of fused-ring (bicyclic) bond motifs is 4. The number of carbonyl (C=O) groups excluding carboxylic acids is 2. The van der Waals surface area contributed by atoms with E-state index in [-0.39, 0.29) is 23.8 Å². The molecule has 1 aromatic carbocycles. The van der Waals surface area contributed by atoms with Gasteiger partial charge in [-0.25, -0.2) is 0 Å². The molecule has 4 bridgehead atoms. The Morgan fingerprint density at radius 1 is 1.38 bits per heavy atom. The molecule has 4 atom stereocenters. The minimum Gasteiger partial charge on any atom is -0.468 e. The molecule has 26 heavy (non-hydrogen) atoms. The topological polar surface area (TPSA) is 62.4 Å². The molecule has 3 fully saturated rings. The molecule has 2 aromatic rings. The lowest BCUT2D eigenvalue weighted by atomic mass is 9.56. The average Bonchev–Trinajstić information content (AvgIpc) is 3.00. The van der Waals surface area contributed by atoms with Crippen molar-refractivity contribution in [3.05, 3.63) is 35.5 Å². The third-order valence-electron chi connectivity index (χ3n) is 7.01. The first-order valence-electron chi connectivity index (χ1n) is 9.60. The largest absolute Gasteiger partial charge is 0.468 e. The van der Waals surface area contributed by atoms with Crippen molar-refractivity contribution in [2.75, 3.05) is 13.7 Å². The van der Waals surface area contributed by atoms with Crippen LogP contribution in [0.25, 0.3) is 10.9 Å². The smallest absolute Gasteiger partial charge is 0.319 e. The van der Waals surface area contributed by atoms with Crippen molar-refractivity contribution in [3.8, 4) is 0 Å². The lowest BCUT2D eigenvalue weighted by Gasteiger charge is -2.57. The van der Waals surface area contributed by atoms with Crippen LogP contribution in [0.5, 0.6) is 0 Å². The molecule has 1 amide bonds. The molecule has 0 spiro atoms. The van der Waals surface area contributed by atoms with E-state index < -0.39 is 5.41 Å². The summed E-state index contributed by atoms with van der Waals surface area (Å²) in [6, 6.07) is 8.12. The van der Waals surface area contributed by atoms with Gasteiger partial charge in [0, 0.05) is 29.1 Å². The average molecular weight is 352 g/mol. The van der Waals surface area contributed by atoms with E-state index in [4.69, 9.17) is 4.74 Å². The van der Waals surface area contributed by atoms with Crippen molar-refractivity contribution >= 4 is 22.8 Å². The zero-order chi connectivity index (χ0) is 18.1. The number of methoxy groups -OCH3 is 1. The van der Waals surface area contributed by atoms with Crippen LogP contribution in [0, 0.1) is 11.8 Å². The number of carbonyl (C=O) groups is 2. The number of aromatic amines is 1. The van der Waals surface area contributed by atoms with Gasteiger partial charge in [-0.15, -0.1) is 0 Å². The highest BCUT2D eigenvalue weighted by molar-refractivity contribution is 5.95. The highest BCUT2D eigenvalue weighted by atomic mass is 16.5. The van der Waals surface area contributed by atoms with Gasteiger partial charge in [0.1, 0.15) is 5.41 Å². The van der Waals surface area contributed by atoms with Crippen molar-refractivity contribution in [2.24, 2.45) is 11.8 Å². The molecular weight excluding hydrogens is 328 g/mol. The minimum atomic E-state index is -0.767. The maximum atomic E-state index is 13.3. The van der Waals surface area contributed by atoms with Crippen molar-refractivity contribution in [3.63, 3.8) is 0 Å². The zero-order valence-electron chi connectivity index (χ0n) is 15.2. The summed E-state index contributed by atoms with van der Waals surface area (Å²) in [4.78, 5) is 31.8. The Bertz CT molecular complexity index is 917. The number of nitrogens with zero attached hydrogens (tertiary/aromatic N) is 1. The number of para-hydroxylation sites is 1. The lowest BCUT2D eigenvalue weighted by molar-refractivity contribution is -0.172. The van der Waals surface area contributed by atoms with E-state index >= 15 is 0 Å². The summed E-state index contributed by atoms with van der Waals surface area (Å²) in [7, 11) is 1.47. The zero-order valence-corrected chi connectivity index (χ0v) is 15.2. The number of rotatable bonds is 2. The summed E-state index contributed by atoms with van der Waals surface area (Å²) in [6.45, 7) is 2.85. The van der Waals surface area contributed by atoms with Gasteiger partial charge in [-0.1, -0.05) is 31.5 Å². The van der Waals surface area contributed by atoms with Gasteiger partial charge in [0.2, 0.25) is 5.91 Å². The van der Waals surface area contributed by atoms with Crippen molar-refractivity contribution in [1.29, 1.82) is 0 Å². The summed E-state index contributed by atoms with van der Waals surface area (Å²) in [5.74, 6) is 0.288. The highest BCUT2D eigenvalue weighted by Gasteiger charge is 2.65. The van der Waals surface area contributed by atoms with Crippen LogP contribution >= 0.6 is 0 Å². The van der Waals surface area contributed by atoms with Crippen LogP contribution in [-0.4, -0.2) is 41.5 Å². The molecule has 1 aromatic heterocycles. The fourth-order valence-electron chi connectivity index (χ4n) is 6.02. The number of esters is 1. The van der Waals surface area contributed by atoms with Crippen LogP contribution in [0.1, 0.15) is 37.4 Å². The van der Waals surface area contributed by atoms with Gasteiger partial charge in [0.15, 0.2) is 0 Å². The number of hydrogen-bond acceptors (Lipinski definition) is 3. The number of aromatic nitrogens is 1. The second-order valence-corrected chi connectivity index (χ2v) is 8.02. The van der Waals surface area contributed by atoms with E-state index in [1.54, 1.807) is 0 Å². The van der Waals surface area contributed by atoms with Gasteiger partial charge in [-0.2, -0.15) is 0 Å². The number of nitrogens with one attached hydrogen (secondary N) is 1. The Morgan fingerprint density at radius 2 is 2.19 bits per heavy atom. The molecular formula is C21H24N2O3. The molecule has 1 aliphatic carbocycles. The van der Waals surface area contributed by atoms with E-state index in [1.165, 1.54) is 12.7 Å². The van der Waals surface area contributed by atoms with Gasteiger partial charge in [0.05, 0.1) is 13.2 Å². The molecule has 136 valence electrons. The second-order valence-electron chi connectivity index (χ2n) is 8.02. The number of benzene rings is 1. The maximum absolute atomic E-state index is 13.3. The summed E-state index contributed by atoms with van der Waals surface area (Å²) in [5.41, 5.74) is 2.48. The molecule has 5 heteroatoms. The number of hydrogen-bond donors (Lipinski definition) is 1. The summed E-state index contributed by atoms with van der Waals surface area (Å²) >= 11 is 0. The molecule has 6 rings (SSSR count). The van der Waals surface area contributed by atoms with Crippen molar-refractivity contribution in [1.82, 2.24) is 9.88 Å². The Balaban J connectivity index is 1.83. The predicted octanol–water partition coefficient (Wildman–Crippen LogP) is 2.78. The van der Waals surface area contributed by atoms with Gasteiger partial charge in [-0.3, -0.25) is 9.59 Å². The number of amides is 1. The molecule has 1 N–H and O–H groups in total. The summed E-state index contributed by atoms with van der Waals surface area (Å²) < 4.78 is 5.36. The van der Waals surface area contributed by atoms with Crippen LogP contribution in [0.3, 0.4) is 0 Å². The monoisotopic (exact) mass is 352 g/mol. The summed E-state index contributed by atoms with van der Waals surface area (Å²) in [6.07, 6.45) is 3.21. The van der Waals surface area contributed by atoms with E-state index in [0.29, 0.717) is 18.9 Å². The van der Waals surface area contributed by atoms with E-state index in [2.05, 4.69) is 24.0 Å². The third kappa shape index (κ3) is 1.76. The fourth-order valence-corrected chi connectivity index (χ4v) is 6.02. The Hall–Kier alpha value is -2.30. The normalized spacial score (nSPS) is 32.5. The third-order valence-corrected chi connectivity index (χ3v) is 7.01. The molecule has 3 aliphatic heterocycles. The summed E-state index contributed by atoms with van der Waals surface area (Å²) in [5, 5.41) is 1.16. The predicted molar refractivity (Wildman–Crippen MR) is 97.7 cm³/mol. The van der Waals surface area contributed by atoms with E-state index in [1.807, 2.05) is 17.0 Å². The SMILES string of the molecule is CC[C@@H]1C[C@H]2CC3(C(=O)OC)c4[nH]c5ccccc5c4CCN(C2=O)C13. The molecule has 5 nitrogen and oxygen atoms in total. The Kier molecular flexibility index (Phi) is 3.27. The number of ether oxygens (including phenoxy) is 1. The van der Waals surface area contributed by atoms with Gasteiger partial charge >= 0.3 is 5.97 Å². The second kappa shape index (κ2) is 5.35. The lowest BCUT2D eigenvalue weighted by Crippen LogP contribution is -2.69. The van der Waals surface area contributed by atoms with Gasteiger partial charge in [-0.05, 0) is 36.8 Å². The molecule has 1 saturated carbocycles. The maximum Gasteiger partial charge on any atom is 0.319 e. The number of piperidine rings is 2. The number of H-pyrrole nitrogens is 1. The quantitative estimate of drug-likeness (QED) is 0.846. The van der Waals surface area contributed by atoms with Crippen LogP contribution in [-0.2, 0) is 26.2 Å². The molecule has 2 saturated heterocycles.